The Morgan fingerprint density at radius 2 is 2.07 bits per heavy atom. The van der Waals surface area contributed by atoms with Crippen molar-refractivity contribution < 1.29 is 18.7 Å². The lowest BCUT2D eigenvalue weighted by Gasteiger charge is -2.15. The molecule has 0 spiro atoms. The fraction of sp³-hybridized carbons (Fsp3) is 0.750. The highest BCUT2D eigenvalue weighted by atomic mass is 31.2. The zero-order valence-electron chi connectivity index (χ0n) is 8.84. The SMILES string of the molecule is COP(OC/C=C/O)OCCN(C)C. The van der Waals surface area contributed by atoms with Crippen molar-refractivity contribution in [1.29, 1.82) is 0 Å². The summed E-state index contributed by atoms with van der Waals surface area (Å²) in [5, 5.41) is 8.36. The van der Waals surface area contributed by atoms with Gasteiger partial charge in [0.1, 0.15) is 0 Å². The third-order valence-corrected chi connectivity index (χ3v) is 2.32. The summed E-state index contributed by atoms with van der Waals surface area (Å²) >= 11 is 0. The summed E-state index contributed by atoms with van der Waals surface area (Å²) in [6.45, 7) is 1.68. The molecule has 0 fully saturated rings. The van der Waals surface area contributed by atoms with E-state index in [1.54, 1.807) is 0 Å². The lowest BCUT2D eigenvalue weighted by Crippen LogP contribution is -2.17. The van der Waals surface area contributed by atoms with E-state index in [1.807, 2.05) is 19.0 Å². The van der Waals surface area contributed by atoms with Gasteiger partial charge in [0.2, 0.25) is 0 Å². The minimum absolute atomic E-state index is 0.290. The first kappa shape index (κ1) is 13.8. The van der Waals surface area contributed by atoms with Gasteiger partial charge in [0, 0.05) is 13.7 Å². The highest BCUT2D eigenvalue weighted by molar-refractivity contribution is 7.41. The van der Waals surface area contributed by atoms with E-state index in [0.717, 1.165) is 12.8 Å². The monoisotopic (exact) mass is 223 g/mol. The van der Waals surface area contributed by atoms with E-state index in [2.05, 4.69) is 0 Å². The van der Waals surface area contributed by atoms with Gasteiger partial charge < -0.3 is 23.6 Å². The van der Waals surface area contributed by atoms with E-state index in [9.17, 15) is 0 Å². The molecule has 0 aliphatic carbocycles. The topological polar surface area (TPSA) is 51.2 Å². The van der Waals surface area contributed by atoms with Crippen LogP contribution in [0.4, 0.5) is 0 Å². The first-order valence-corrected chi connectivity index (χ1v) is 5.34. The second kappa shape index (κ2) is 9.37. The summed E-state index contributed by atoms with van der Waals surface area (Å²) in [5.74, 6) is 0. The van der Waals surface area contributed by atoms with Crippen LogP contribution in [0.2, 0.25) is 0 Å². The fourth-order valence-corrected chi connectivity index (χ4v) is 1.31. The first-order valence-electron chi connectivity index (χ1n) is 4.24. The fourth-order valence-electron chi connectivity index (χ4n) is 0.588. The van der Waals surface area contributed by atoms with Crippen LogP contribution in [-0.2, 0) is 13.6 Å². The normalized spacial score (nSPS) is 14.0. The number of rotatable bonds is 8. The average Bonchev–Trinajstić information content (AvgIpc) is 2.15. The number of nitrogens with zero attached hydrogens (tertiary/aromatic N) is 1. The largest absolute Gasteiger partial charge is 0.516 e. The summed E-state index contributed by atoms with van der Waals surface area (Å²) in [6, 6.07) is 0. The number of hydrogen-bond donors (Lipinski definition) is 1. The summed E-state index contributed by atoms with van der Waals surface area (Å²) in [4.78, 5) is 2.01. The minimum atomic E-state index is -1.29. The lowest BCUT2D eigenvalue weighted by atomic mass is 10.6. The molecule has 1 atom stereocenters. The summed E-state index contributed by atoms with van der Waals surface area (Å²) in [7, 11) is 4.17. The summed E-state index contributed by atoms with van der Waals surface area (Å²) in [6.07, 6.45) is 2.41. The van der Waals surface area contributed by atoms with Crippen molar-refractivity contribution in [3.05, 3.63) is 12.3 Å². The predicted molar refractivity (Wildman–Crippen MR) is 56.2 cm³/mol. The van der Waals surface area contributed by atoms with Crippen molar-refractivity contribution >= 4 is 8.60 Å². The minimum Gasteiger partial charge on any atom is -0.516 e. The van der Waals surface area contributed by atoms with Crippen molar-refractivity contribution in [1.82, 2.24) is 4.90 Å². The highest BCUT2D eigenvalue weighted by Gasteiger charge is 2.08. The molecule has 0 radical (unpaired) electrons. The van der Waals surface area contributed by atoms with Crippen LogP contribution in [0.1, 0.15) is 0 Å². The Labute approximate surface area is 86.3 Å². The van der Waals surface area contributed by atoms with Crippen LogP contribution in [-0.4, -0.2) is 51.0 Å². The highest BCUT2D eigenvalue weighted by Crippen LogP contribution is 2.37. The molecule has 1 unspecified atom stereocenters. The molecule has 84 valence electrons. The van der Waals surface area contributed by atoms with Crippen molar-refractivity contribution in [2.75, 3.05) is 41.0 Å². The standard InChI is InChI=1S/C8H18NO4P/c1-9(2)5-8-13-14(11-3)12-7-4-6-10/h4,6,10H,5,7-8H2,1-3H3/b6-4+. The van der Waals surface area contributed by atoms with Crippen LogP contribution in [0.5, 0.6) is 0 Å². The molecule has 5 nitrogen and oxygen atoms in total. The van der Waals surface area contributed by atoms with Gasteiger partial charge in [0.25, 0.3) is 0 Å². The Kier molecular flexibility index (Phi) is 9.24. The molecular formula is C8H18NO4P. The molecule has 14 heavy (non-hydrogen) atoms. The molecular weight excluding hydrogens is 205 g/mol. The first-order chi connectivity index (χ1) is 6.70. The molecule has 0 saturated heterocycles. The van der Waals surface area contributed by atoms with Crippen molar-refractivity contribution in [2.24, 2.45) is 0 Å². The zero-order valence-corrected chi connectivity index (χ0v) is 9.74. The molecule has 0 aromatic heterocycles. The number of aliphatic hydroxyl groups excluding tert-OH is 1. The maximum atomic E-state index is 8.36. The van der Waals surface area contributed by atoms with Gasteiger partial charge >= 0.3 is 8.60 Å². The predicted octanol–water partition coefficient (Wildman–Crippen LogP) is 1.53. The Bertz CT molecular complexity index is 154. The lowest BCUT2D eigenvalue weighted by molar-refractivity contribution is 0.179. The Hall–Kier alpha value is -0.190. The number of hydrogen-bond acceptors (Lipinski definition) is 5. The van der Waals surface area contributed by atoms with Gasteiger partial charge in [-0.3, -0.25) is 0 Å². The molecule has 6 heteroatoms. The van der Waals surface area contributed by atoms with Crippen LogP contribution < -0.4 is 0 Å². The molecule has 0 aliphatic heterocycles. The Morgan fingerprint density at radius 3 is 2.57 bits per heavy atom. The third kappa shape index (κ3) is 8.41. The third-order valence-electron chi connectivity index (χ3n) is 1.27. The van der Waals surface area contributed by atoms with Crippen molar-refractivity contribution in [3.8, 4) is 0 Å². The van der Waals surface area contributed by atoms with Crippen LogP contribution in [0.15, 0.2) is 12.3 Å². The Morgan fingerprint density at radius 1 is 1.36 bits per heavy atom. The van der Waals surface area contributed by atoms with Crippen LogP contribution in [0.25, 0.3) is 0 Å². The van der Waals surface area contributed by atoms with Gasteiger partial charge in [-0.15, -0.1) is 0 Å². The van der Waals surface area contributed by atoms with E-state index in [1.165, 1.54) is 13.2 Å². The molecule has 1 N–H and O–H groups in total. The second-order valence-corrected chi connectivity index (χ2v) is 4.05. The van der Waals surface area contributed by atoms with Gasteiger partial charge in [-0.05, 0) is 20.2 Å². The van der Waals surface area contributed by atoms with Gasteiger partial charge in [0.05, 0.1) is 19.5 Å². The van der Waals surface area contributed by atoms with E-state index < -0.39 is 8.60 Å². The van der Waals surface area contributed by atoms with E-state index in [4.69, 9.17) is 18.7 Å². The van der Waals surface area contributed by atoms with Crippen LogP contribution >= 0.6 is 8.60 Å². The average molecular weight is 223 g/mol. The molecule has 0 heterocycles. The van der Waals surface area contributed by atoms with E-state index in [-0.39, 0.29) is 6.61 Å². The molecule has 0 aromatic rings. The number of likely N-dealkylation sites (N-methyl/N-ethyl adjacent to an activating group) is 1. The molecule has 0 bridgehead atoms. The Balaban J connectivity index is 3.47. The smallest absolute Gasteiger partial charge is 0.332 e. The maximum Gasteiger partial charge on any atom is 0.332 e. The van der Waals surface area contributed by atoms with Crippen LogP contribution in [0.3, 0.4) is 0 Å². The molecule has 0 aromatic carbocycles. The number of aliphatic hydroxyl groups is 1. The van der Waals surface area contributed by atoms with Gasteiger partial charge in [0.15, 0.2) is 0 Å². The molecule has 0 aliphatic rings. The zero-order chi connectivity index (χ0) is 10.8. The van der Waals surface area contributed by atoms with Crippen molar-refractivity contribution in [3.63, 3.8) is 0 Å². The molecule has 0 saturated carbocycles. The maximum absolute atomic E-state index is 8.36. The molecule has 0 rings (SSSR count). The quantitative estimate of drug-likeness (QED) is 0.499. The van der Waals surface area contributed by atoms with E-state index >= 15 is 0 Å². The summed E-state index contributed by atoms with van der Waals surface area (Å²) < 4.78 is 15.4. The van der Waals surface area contributed by atoms with Gasteiger partial charge in [-0.25, -0.2) is 0 Å². The molecule has 0 amide bonds. The summed E-state index contributed by atoms with van der Waals surface area (Å²) in [5.41, 5.74) is 0. The van der Waals surface area contributed by atoms with Gasteiger partial charge in [-0.2, -0.15) is 0 Å². The van der Waals surface area contributed by atoms with Gasteiger partial charge in [-0.1, -0.05) is 0 Å². The van der Waals surface area contributed by atoms with Crippen molar-refractivity contribution in [2.45, 2.75) is 0 Å². The van der Waals surface area contributed by atoms with E-state index in [0.29, 0.717) is 6.61 Å². The van der Waals surface area contributed by atoms with Crippen LogP contribution in [0, 0.1) is 0 Å². The second-order valence-electron chi connectivity index (χ2n) is 2.72.